The van der Waals surface area contributed by atoms with Gasteiger partial charge in [-0.05, 0) is 60.6 Å². The lowest BCUT2D eigenvalue weighted by atomic mass is 10.1. The first-order valence-electron chi connectivity index (χ1n) is 10.5. The number of rotatable bonds is 9. The maximum atomic E-state index is 12.3. The molecule has 3 aromatic rings. The molecule has 0 atom stereocenters. The number of hydrogen-bond acceptors (Lipinski definition) is 4. The predicted octanol–water partition coefficient (Wildman–Crippen LogP) is 4.71. The molecule has 3 rings (SSSR count). The van der Waals surface area contributed by atoms with Crippen molar-refractivity contribution in [2.45, 2.75) is 26.1 Å². The molecule has 0 aromatic heterocycles. The third-order valence-electron chi connectivity index (χ3n) is 4.74. The highest BCUT2D eigenvalue weighted by molar-refractivity contribution is 5.89. The molecular weight excluding hydrogens is 400 g/mol. The number of nitrogens with zero attached hydrogens (tertiary/aromatic N) is 2. The van der Waals surface area contributed by atoms with E-state index in [4.69, 9.17) is 10.00 Å². The Morgan fingerprint density at radius 2 is 1.66 bits per heavy atom. The van der Waals surface area contributed by atoms with E-state index in [1.807, 2.05) is 74.8 Å². The summed E-state index contributed by atoms with van der Waals surface area (Å²) in [6, 6.07) is 25.1. The number of anilines is 1. The van der Waals surface area contributed by atoms with Crippen LogP contribution in [0.25, 0.3) is 0 Å². The summed E-state index contributed by atoms with van der Waals surface area (Å²) in [5.41, 5.74) is 4.88. The molecular formula is C26H28N4O2. The zero-order valence-electron chi connectivity index (χ0n) is 18.5. The molecule has 6 heteroatoms. The highest BCUT2D eigenvalue weighted by Crippen LogP contribution is 2.16. The van der Waals surface area contributed by atoms with Crippen molar-refractivity contribution in [3.8, 4) is 11.8 Å². The van der Waals surface area contributed by atoms with E-state index in [0.29, 0.717) is 25.3 Å². The molecule has 0 aliphatic rings. The summed E-state index contributed by atoms with van der Waals surface area (Å²) in [5.74, 6) is 0.735. The predicted molar refractivity (Wildman–Crippen MR) is 126 cm³/mol. The zero-order chi connectivity index (χ0) is 22.8. The second-order valence-corrected chi connectivity index (χ2v) is 7.83. The molecule has 0 aliphatic heterocycles. The highest BCUT2D eigenvalue weighted by atomic mass is 16.5. The second-order valence-electron chi connectivity index (χ2n) is 7.83. The summed E-state index contributed by atoms with van der Waals surface area (Å²) in [6.07, 6.45) is 0.386. The van der Waals surface area contributed by atoms with Gasteiger partial charge in [-0.25, -0.2) is 4.79 Å². The average Bonchev–Trinajstić information content (AvgIpc) is 2.78. The first-order valence-corrected chi connectivity index (χ1v) is 10.5. The molecule has 0 saturated heterocycles. The Bertz CT molecular complexity index is 1070. The molecule has 0 radical (unpaired) electrons. The van der Waals surface area contributed by atoms with Crippen molar-refractivity contribution in [3.05, 3.63) is 95.1 Å². The van der Waals surface area contributed by atoms with Crippen LogP contribution in [0.3, 0.4) is 0 Å². The number of amides is 2. The van der Waals surface area contributed by atoms with E-state index in [1.165, 1.54) is 5.56 Å². The van der Waals surface area contributed by atoms with Gasteiger partial charge in [0.05, 0.1) is 12.5 Å². The number of carbonyl (C=O) groups is 1. The normalized spacial score (nSPS) is 10.4. The number of nitriles is 1. The van der Waals surface area contributed by atoms with E-state index < -0.39 is 0 Å². The van der Waals surface area contributed by atoms with Crippen LogP contribution in [0.2, 0.25) is 0 Å². The number of hydrogen-bond donors (Lipinski definition) is 2. The van der Waals surface area contributed by atoms with E-state index in [1.54, 1.807) is 0 Å². The van der Waals surface area contributed by atoms with Crippen LogP contribution in [-0.2, 0) is 26.1 Å². The minimum atomic E-state index is -0.255. The van der Waals surface area contributed by atoms with Crippen molar-refractivity contribution in [3.63, 3.8) is 0 Å². The van der Waals surface area contributed by atoms with Crippen molar-refractivity contribution in [2.75, 3.05) is 19.4 Å². The first kappa shape index (κ1) is 22.9. The van der Waals surface area contributed by atoms with Crippen molar-refractivity contribution in [1.82, 2.24) is 10.2 Å². The van der Waals surface area contributed by atoms with Crippen molar-refractivity contribution in [2.24, 2.45) is 0 Å². The Morgan fingerprint density at radius 3 is 2.41 bits per heavy atom. The van der Waals surface area contributed by atoms with E-state index >= 15 is 0 Å². The van der Waals surface area contributed by atoms with Crippen LogP contribution in [0.15, 0.2) is 72.8 Å². The molecule has 0 aliphatic carbocycles. The molecule has 164 valence electrons. The third kappa shape index (κ3) is 7.46. The quantitative estimate of drug-likeness (QED) is 0.517. The van der Waals surface area contributed by atoms with Gasteiger partial charge >= 0.3 is 6.03 Å². The molecule has 2 amide bonds. The Kier molecular flexibility index (Phi) is 8.24. The largest absolute Gasteiger partial charge is 0.489 e. The van der Waals surface area contributed by atoms with Crippen molar-refractivity contribution < 1.29 is 9.53 Å². The van der Waals surface area contributed by atoms with Gasteiger partial charge in [-0.15, -0.1) is 0 Å². The maximum Gasteiger partial charge on any atom is 0.319 e. The van der Waals surface area contributed by atoms with Crippen LogP contribution >= 0.6 is 0 Å². The number of ether oxygens (including phenoxy) is 1. The summed E-state index contributed by atoms with van der Waals surface area (Å²) < 4.78 is 5.81. The van der Waals surface area contributed by atoms with Gasteiger partial charge in [-0.2, -0.15) is 5.26 Å². The summed E-state index contributed by atoms with van der Waals surface area (Å²) in [7, 11) is 4.06. The lowest BCUT2D eigenvalue weighted by Gasteiger charge is -2.12. The van der Waals surface area contributed by atoms with Crippen molar-refractivity contribution >= 4 is 11.7 Å². The fourth-order valence-electron chi connectivity index (χ4n) is 3.26. The standard InChI is InChI=1S/C26H28N4O2/c1-30(2)18-22-6-3-5-21(15-22)17-28-26(31)29-24-8-4-7-23(16-24)19-32-25-11-9-20(10-12-25)13-14-27/h3-12,15-16H,13,17-19H2,1-2H3,(H2,28,29,31). The van der Waals surface area contributed by atoms with Crippen LogP contribution in [0.5, 0.6) is 5.75 Å². The minimum Gasteiger partial charge on any atom is -0.489 e. The van der Waals surface area contributed by atoms with Gasteiger partial charge < -0.3 is 20.3 Å². The van der Waals surface area contributed by atoms with E-state index in [2.05, 4.69) is 33.7 Å². The third-order valence-corrected chi connectivity index (χ3v) is 4.74. The average molecular weight is 429 g/mol. The van der Waals surface area contributed by atoms with E-state index in [0.717, 1.165) is 29.0 Å². The molecule has 0 bridgehead atoms. The Labute approximate surface area is 189 Å². The van der Waals surface area contributed by atoms with Crippen molar-refractivity contribution in [1.29, 1.82) is 5.26 Å². The maximum absolute atomic E-state index is 12.3. The molecule has 0 spiro atoms. The zero-order valence-corrected chi connectivity index (χ0v) is 18.5. The van der Waals surface area contributed by atoms with Crippen LogP contribution < -0.4 is 15.4 Å². The monoisotopic (exact) mass is 428 g/mol. The fraction of sp³-hybridized carbons (Fsp3) is 0.231. The molecule has 0 fully saturated rings. The van der Waals surface area contributed by atoms with Gasteiger partial charge in [0, 0.05) is 18.8 Å². The van der Waals surface area contributed by atoms with Gasteiger partial charge in [0.15, 0.2) is 0 Å². The topological polar surface area (TPSA) is 77.4 Å². The van der Waals surface area contributed by atoms with E-state index in [-0.39, 0.29) is 6.03 Å². The van der Waals surface area contributed by atoms with Gasteiger partial charge in [0.2, 0.25) is 0 Å². The van der Waals surface area contributed by atoms with Gasteiger partial charge in [0.25, 0.3) is 0 Å². The molecule has 6 nitrogen and oxygen atoms in total. The number of benzene rings is 3. The molecule has 32 heavy (non-hydrogen) atoms. The second kappa shape index (κ2) is 11.5. The Hall–Kier alpha value is -3.82. The first-order chi connectivity index (χ1) is 15.5. The number of urea groups is 1. The van der Waals surface area contributed by atoms with Gasteiger partial charge in [0.1, 0.15) is 12.4 Å². The lowest BCUT2D eigenvalue weighted by Crippen LogP contribution is -2.28. The highest BCUT2D eigenvalue weighted by Gasteiger charge is 2.05. The van der Waals surface area contributed by atoms with Crippen LogP contribution in [-0.4, -0.2) is 25.0 Å². The van der Waals surface area contributed by atoms with Gasteiger partial charge in [-0.3, -0.25) is 0 Å². The van der Waals surface area contributed by atoms with Crippen LogP contribution in [0.4, 0.5) is 10.5 Å². The number of nitrogens with one attached hydrogen (secondary N) is 2. The minimum absolute atomic E-state index is 0.255. The molecule has 0 unspecified atom stereocenters. The van der Waals surface area contributed by atoms with Crippen LogP contribution in [0, 0.1) is 11.3 Å². The Morgan fingerprint density at radius 1 is 0.938 bits per heavy atom. The summed E-state index contributed by atoms with van der Waals surface area (Å²) in [5, 5.41) is 14.5. The smallest absolute Gasteiger partial charge is 0.319 e. The fourth-order valence-corrected chi connectivity index (χ4v) is 3.26. The Balaban J connectivity index is 1.49. The molecule has 0 heterocycles. The molecule has 3 aromatic carbocycles. The molecule has 0 saturated carbocycles. The van der Waals surface area contributed by atoms with Crippen LogP contribution in [0.1, 0.15) is 22.3 Å². The summed E-state index contributed by atoms with van der Waals surface area (Å²) in [6.45, 7) is 1.70. The van der Waals surface area contributed by atoms with E-state index in [9.17, 15) is 4.79 Å². The number of carbonyl (C=O) groups excluding carboxylic acids is 1. The summed E-state index contributed by atoms with van der Waals surface area (Å²) in [4.78, 5) is 14.5. The van der Waals surface area contributed by atoms with Gasteiger partial charge in [-0.1, -0.05) is 48.5 Å². The lowest BCUT2D eigenvalue weighted by molar-refractivity contribution is 0.251. The molecule has 2 N–H and O–H groups in total. The SMILES string of the molecule is CN(C)Cc1cccc(CNC(=O)Nc2cccc(COc3ccc(CC#N)cc3)c2)c1. The summed E-state index contributed by atoms with van der Waals surface area (Å²) >= 11 is 0.